The molecule has 8 aromatic rings. The number of hydrogen-bond donors (Lipinski definition) is 6. The number of rotatable bonds is 14. The van der Waals surface area contributed by atoms with Gasteiger partial charge < -0.3 is 43.6 Å². The van der Waals surface area contributed by atoms with Crippen LogP contribution >= 0.6 is 46.4 Å². The summed E-state index contributed by atoms with van der Waals surface area (Å²) in [4.78, 5) is 27.1. The van der Waals surface area contributed by atoms with E-state index in [2.05, 4.69) is 70.3 Å². The number of nitrogens with one attached hydrogen (secondary N) is 4. The summed E-state index contributed by atoms with van der Waals surface area (Å²) in [6, 6.07) is 11.4. The zero-order chi connectivity index (χ0) is 61.8. The minimum Gasteiger partial charge on any atom is -0.870 e. The van der Waals surface area contributed by atoms with Gasteiger partial charge in [-0.05, 0) is 114 Å². The fourth-order valence-electron chi connectivity index (χ4n) is 7.01. The Morgan fingerprint density at radius 3 is 1.13 bits per heavy atom. The smallest absolute Gasteiger partial charge is 0.870 e. The van der Waals surface area contributed by atoms with E-state index in [0.29, 0.717) is 30.3 Å². The third-order valence-electron chi connectivity index (χ3n) is 10.4. The van der Waals surface area contributed by atoms with Gasteiger partial charge in [0, 0.05) is 5.39 Å². The van der Waals surface area contributed by atoms with Crippen LogP contribution in [-0.2, 0) is 60.7 Å². The Labute approximate surface area is 658 Å². The minimum absolute atomic E-state index is 0. The first-order chi connectivity index (χ1) is 38.8. The summed E-state index contributed by atoms with van der Waals surface area (Å²) in [6.07, 6.45) is 0. The number of anilines is 1. The van der Waals surface area contributed by atoms with Crippen molar-refractivity contribution < 1.29 is 260 Å². The summed E-state index contributed by atoms with van der Waals surface area (Å²) in [6.45, 7) is 0. The molecule has 0 saturated carbocycles. The summed E-state index contributed by atoms with van der Waals surface area (Å²) < 4.78 is 219. The Kier molecular flexibility index (Phi) is 30.9. The average molecular weight is 1490 g/mol. The predicted octanol–water partition coefficient (Wildman–Crippen LogP) is -14.2. The quantitative estimate of drug-likeness (QED) is 0.0255. The summed E-state index contributed by atoms with van der Waals surface area (Å²) in [5, 5.41) is 25.1. The molecule has 0 spiro atoms. The number of aromatic amines is 4. The first-order valence-corrected chi connectivity index (χ1v) is 31.3. The van der Waals surface area contributed by atoms with Crippen LogP contribution in [0, 0.1) is 0 Å². The van der Waals surface area contributed by atoms with Crippen molar-refractivity contribution in [2.24, 2.45) is 40.4 Å². The number of halogens is 4. The van der Waals surface area contributed by atoms with Crippen LogP contribution in [0.15, 0.2) is 155 Å². The molecule has 2 aromatic heterocycles. The van der Waals surface area contributed by atoms with Gasteiger partial charge in [-0.3, -0.25) is 14.5 Å². The number of fused-ring (bicyclic) bond motifs is 1. The number of aromatic nitrogens is 6. The van der Waals surface area contributed by atoms with Crippen molar-refractivity contribution in [3.05, 3.63) is 128 Å². The van der Waals surface area contributed by atoms with Crippen molar-refractivity contribution in [1.29, 1.82) is 0 Å². The van der Waals surface area contributed by atoms with E-state index in [1.54, 1.807) is 0 Å². The third kappa shape index (κ3) is 21.1. The largest absolute Gasteiger partial charge is 1.00 e. The number of nitrogen functional groups attached to an aromatic ring is 1. The molecule has 8 rings (SSSR count). The molecule has 90 heavy (non-hydrogen) atoms. The molecule has 0 aliphatic heterocycles. The molecule has 440 valence electrons. The van der Waals surface area contributed by atoms with E-state index in [1.807, 2.05) is 0 Å². The Balaban J connectivity index is 0.00000460. The van der Waals surface area contributed by atoms with E-state index >= 15 is 0 Å². The molecule has 7 N–H and O–H groups in total. The van der Waals surface area contributed by atoms with Crippen LogP contribution in [-0.4, -0.2) is 108 Å². The van der Waals surface area contributed by atoms with Gasteiger partial charge in [-0.1, -0.05) is 29.0 Å². The molecule has 0 radical (unpaired) electrons. The van der Waals surface area contributed by atoms with E-state index in [-0.39, 0.29) is 211 Å². The zero-order valence-electron chi connectivity index (χ0n) is 45.9. The molecule has 0 fully saturated rings. The van der Waals surface area contributed by atoms with Gasteiger partial charge in [0.2, 0.25) is 33.0 Å². The van der Waals surface area contributed by atoms with E-state index in [9.17, 15) is 82.9 Å². The number of nitrogens with zero attached hydrogens (tertiary/aromatic N) is 10. The summed E-state index contributed by atoms with van der Waals surface area (Å²) in [5.74, 6) is -1.70. The van der Waals surface area contributed by atoms with Gasteiger partial charge in [0.25, 0.3) is 10.1 Å². The summed E-state index contributed by atoms with van der Waals surface area (Å²) in [5.41, 5.74) is -2.15. The van der Waals surface area contributed by atoms with Crippen LogP contribution in [0.5, 0.6) is 5.75 Å². The Morgan fingerprint density at radius 2 is 0.767 bits per heavy atom. The Bertz CT molecular complexity index is 4970. The van der Waals surface area contributed by atoms with Gasteiger partial charge in [-0.25, -0.2) is 62.1 Å². The number of H-pyrrole nitrogens is 4. The number of azo groups is 2. The van der Waals surface area contributed by atoms with Gasteiger partial charge in [0.05, 0.1) is 68.6 Å². The van der Waals surface area contributed by atoms with E-state index in [1.165, 1.54) is 12.1 Å². The molecule has 34 nitrogen and oxygen atoms in total. The average Bonchev–Trinajstić information content (AvgIpc) is 3.54. The molecule has 0 saturated heterocycles. The molecule has 0 aliphatic carbocycles. The van der Waals surface area contributed by atoms with Crippen molar-refractivity contribution in [3.63, 3.8) is 0 Å². The first-order valence-electron chi connectivity index (χ1n) is 21.3. The molecule has 2 heterocycles. The molecule has 0 bridgehead atoms. The number of nitrogens with two attached hydrogens (primary N) is 1. The minimum atomic E-state index is -5.85. The van der Waals surface area contributed by atoms with Gasteiger partial charge in [0.15, 0.2) is 0 Å². The third-order valence-corrected chi connectivity index (χ3v) is 16.9. The molecular formula is C40H21Cl4N15Na6O19S6. The van der Waals surface area contributed by atoms with Crippen molar-refractivity contribution in [2.75, 3.05) is 5.73 Å². The second kappa shape index (κ2) is 33.0. The topological polar surface area (TPSA) is 577 Å². The van der Waals surface area contributed by atoms with Crippen LogP contribution in [0.3, 0.4) is 0 Å². The van der Waals surface area contributed by atoms with E-state index < -0.39 is 167 Å². The van der Waals surface area contributed by atoms with Gasteiger partial charge in [0.1, 0.15) is 72.5 Å². The zero-order valence-corrected chi connectivity index (χ0v) is 65.8. The Hall–Kier alpha value is -1.78. The maximum Gasteiger partial charge on any atom is 1.00 e. The molecular weight excluding hydrogens is 1470 g/mol. The standard InChI is InChI=1S/C40H27Cl4N15O19S6.6Na/c41-20-5-1-18(13-26(20)81(67,68)69)48-39-52-35(43)50-37(54-39)46-16-3-7-24(79(61,62)63)22(11-16)56-58-32-28(83(73,74)75)9-15-10-29(84(76,77)78)33(34(60)30(15)31(32)45)59-57-23-12-17(4-8-25(23)80(64,65)66)47-38-51-36(44)53-40(55-38)49-19-2-6-21(42)27(14-19)82(70,71)72;;;;;;/h1-14,60H,45H2,(H,61,62,63)(H,64,65,66)(H,67,68,69)(H,70,71,72)(H,73,74,75)(H,76,77,78)(H2,46,48,50,52,54)(H2,47,49,51,53,55);;;;;;/q;6*+1/p-6. The van der Waals surface area contributed by atoms with Crippen LogP contribution < -0.4 is 211 Å². The normalized spacial score (nSPS) is 13.0. The predicted molar refractivity (Wildman–Crippen MR) is 278 cm³/mol. The second-order valence-corrected chi connectivity index (χ2v) is 25.7. The fourth-order valence-corrected chi connectivity index (χ4v) is 11.8. The first kappa shape index (κ1) is 84.3. The van der Waals surface area contributed by atoms with Gasteiger partial charge in [-0.15, -0.1) is 20.5 Å². The van der Waals surface area contributed by atoms with Crippen molar-refractivity contribution in [1.82, 2.24) is 29.9 Å². The van der Waals surface area contributed by atoms with E-state index in [0.717, 1.165) is 42.5 Å². The number of hydrogen-bond acceptors (Lipinski definition) is 29. The van der Waals surface area contributed by atoms with Crippen LogP contribution in [0.25, 0.3) is 10.8 Å². The van der Waals surface area contributed by atoms with Crippen LogP contribution in [0.1, 0.15) is 0 Å². The number of benzene rings is 6. The molecule has 0 aliphatic rings. The second-order valence-electron chi connectivity index (χ2n) is 16.1. The van der Waals surface area contributed by atoms with Crippen molar-refractivity contribution in [3.8, 4) is 5.75 Å². The fraction of sp³-hybridized carbons (Fsp3) is 0. The molecule has 0 atom stereocenters. The van der Waals surface area contributed by atoms with Crippen LogP contribution in [0.4, 0.5) is 51.2 Å². The van der Waals surface area contributed by atoms with Gasteiger partial charge >= 0.3 is 177 Å². The van der Waals surface area contributed by atoms with Crippen molar-refractivity contribution >= 4 is 169 Å². The van der Waals surface area contributed by atoms with Crippen LogP contribution in [0.2, 0.25) is 20.6 Å². The van der Waals surface area contributed by atoms with E-state index in [4.69, 9.17) is 52.1 Å². The summed E-state index contributed by atoms with van der Waals surface area (Å²) in [7, 11) is -32.7. The maximum atomic E-state index is 14.3. The monoisotopic (exact) mass is 1480 g/mol. The summed E-state index contributed by atoms with van der Waals surface area (Å²) >= 11 is 23.8. The maximum absolute atomic E-state index is 14.3. The molecule has 50 heteroatoms. The molecule has 6 aromatic carbocycles. The SMILES string of the molecule is Nc1c(N=Nc2cc(N=c3nc(Cl)[nH]c(=Nc4ccc(Cl)c(S(=O)(=O)[O-])c4)[nH]3)ccc2S(=O)(=O)[O-])c(S(=O)(=O)[O-])cc2cc(S(=O)(=O)O)c(N=Nc3cc(N=c4nc(Cl)[nH]c(=Nc5ccc(Cl)c(S(=O)(=O)[O-])c5)[nH]4)ccc3S(=O)(=O)[O-])c([O-])c12.[Na+].[Na+].[Na+].[Na+].[Na+].[Na+]. The van der Waals surface area contributed by atoms with Crippen molar-refractivity contribution in [2.45, 2.75) is 29.4 Å². The van der Waals surface area contributed by atoms with Gasteiger partial charge in [-0.2, -0.15) is 18.4 Å². The molecule has 0 unspecified atom stereocenters. The molecule has 0 amide bonds. The Morgan fingerprint density at radius 1 is 0.422 bits per heavy atom.